The molecule has 3 N–H and O–H groups in total. The lowest BCUT2D eigenvalue weighted by Crippen LogP contribution is -2.28. The third-order valence-corrected chi connectivity index (χ3v) is 3.96. The number of benzene rings is 1. The Morgan fingerprint density at radius 2 is 2.11 bits per heavy atom. The summed E-state index contributed by atoms with van der Waals surface area (Å²) < 4.78 is 28.2. The second kappa shape index (κ2) is 6.47. The summed E-state index contributed by atoms with van der Waals surface area (Å²) >= 11 is 3.17. The second-order valence-corrected chi connectivity index (χ2v) is 6.32. The molecule has 1 aromatic rings. The van der Waals surface area contributed by atoms with Crippen LogP contribution in [0.4, 0.5) is 0 Å². The van der Waals surface area contributed by atoms with Gasteiger partial charge >= 0.3 is 0 Å². The van der Waals surface area contributed by atoms with Crippen LogP contribution in [-0.4, -0.2) is 34.6 Å². The number of methoxy groups -OCH3 is 1. The molecule has 0 aromatic heterocycles. The number of sulfonamides is 1. The fourth-order valence-electron chi connectivity index (χ4n) is 1.55. The molecule has 6 nitrogen and oxygen atoms in total. The number of rotatable bonds is 5. The third kappa shape index (κ3) is 4.27. The molecule has 0 aliphatic carbocycles. The van der Waals surface area contributed by atoms with E-state index in [1.54, 1.807) is 6.07 Å². The summed E-state index contributed by atoms with van der Waals surface area (Å²) in [7, 11) is -2.35. The highest BCUT2D eigenvalue weighted by Crippen LogP contribution is 2.23. The summed E-state index contributed by atoms with van der Waals surface area (Å²) in [6.07, 6.45) is 0. The van der Waals surface area contributed by atoms with Crippen molar-refractivity contribution in [3.8, 4) is 0 Å². The average molecular weight is 351 g/mol. The molecule has 0 unspecified atom stereocenters. The second-order valence-electron chi connectivity index (χ2n) is 3.87. The van der Waals surface area contributed by atoms with Crippen molar-refractivity contribution in [1.29, 1.82) is 0 Å². The molecule has 1 amide bonds. The van der Waals surface area contributed by atoms with Crippen molar-refractivity contribution in [2.75, 3.05) is 20.3 Å². The molecule has 8 heteroatoms. The largest absolute Gasteiger partial charge is 0.383 e. The molecular weight excluding hydrogens is 336 g/mol. The van der Waals surface area contributed by atoms with Gasteiger partial charge in [-0.1, -0.05) is 15.9 Å². The summed E-state index contributed by atoms with van der Waals surface area (Å²) in [5, 5.41) is 7.74. The van der Waals surface area contributed by atoms with E-state index in [0.29, 0.717) is 23.2 Å². The maximum absolute atomic E-state index is 11.9. The molecule has 0 heterocycles. The van der Waals surface area contributed by atoms with Gasteiger partial charge in [0.2, 0.25) is 10.0 Å². The zero-order valence-corrected chi connectivity index (χ0v) is 13.0. The summed E-state index contributed by atoms with van der Waals surface area (Å²) in [5.74, 6) is -0.374. The Bertz CT molecular complexity index is 587. The summed E-state index contributed by atoms with van der Waals surface area (Å²) in [5.41, 5.74) is 0.579. The van der Waals surface area contributed by atoms with Crippen molar-refractivity contribution in [1.82, 2.24) is 5.32 Å². The molecule has 0 spiro atoms. The number of primary sulfonamides is 1. The molecule has 106 valence electrons. The fourth-order valence-corrected chi connectivity index (χ4v) is 2.98. The molecule has 0 atom stereocenters. The molecule has 0 fully saturated rings. The lowest BCUT2D eigenvalue weighted by atomic mass is 10.1. The molecular formula is C11H15BrN2O4S. The van der Waals surface area contributed by atoms with Gasteiger partial charge in [-0.25, -0.2) is 13.6 Å². The van der Waals surface area contributed by atoms with Crippen LogP contribution in [0.3, 0.4) is 0 Å². The van der Waals surface area contributed by atoms with Crippen molar-refractivity contribution in [2.24, 2.45) is 5.14 Å². The number of ether oxygens (including phenoxy) is 1. The zero-order valence-electron chi connectivity index (χ0n) is 10.6. The number of amides is 1. The minimum absolute atomic E-state index is 0.0706. The van der Waals surface area contributed by atoms with Crippen molar-refractivity contribution < 1.29 is 17.9 Å². The van der Waals surface area contributed by atoms with Crippen LogP contribution < -0.4 is 10.5 Å². The van der Waals surface area contributed by atoms with Gasteiger partial charge < -0.3 is 10.1 Å². The Morgan fingerprint density at radius 1 is 1.47 bits per heavy atom. The van der Waals surface area contributed by atoms with Gasteiger partial charge in [-0.05, 0) is 24.6 Å². The van der Waals surface area contributed by atoms with Gasteiger partial charge in [0.25, 0.3) is 5.91 Å². The van der Waals surface area contributed by atoms with Crippen LogP contribution in [0.1, 0.15) is 15.9 Å². The number of carbonyl (C=O) groups is 1. The van der Waals surface area contributed by atoms with Crippen molar-refractivity contribution in [3.63, 3.8) is 0 Å². The first-order valence-corrected chi connectivity index (χ1v) is 7.71. The lowest BCUT2D eigenvalue weighted by molar-refractivity contribution is 0.0936. The minimum Gasteiger partial charge on any atom is -0.383 e. The van der Waals surface area contributed by atoms with E-state index in [9.17, 15) is 13.2 Å². The Kier molecular flexibility index (Phi) is 5.48. The van der Waals surface area contributed by atoms with E-state index in [0.717, 1.165) is 0 Å². The lowest BCUT2D eigenvalue weighted by Gasteiger charge is -2.11. The molecule has 0 radical (unpaired) electrons. The van der Waals surface area contributed by atoms with Crippen LogP contribution in [0.15, 0.2) is 21.5 Å². The highest BCUT2D eigenvalue weighted by Gasteiger charge is 2.19. The third-order valence-electron chi connectivity index (χ3n) is 2.47. The molecule has 0 saturated carbocycles. The fraction of sp³-hybridized carbons (Fsp3) is 0.364. The van der Waals surface area contributed by atoms with Crippen LogP contribution in [-0.2, 0) is 14.8 Å². The average Bonchev–Trinajstić information content (AvgIpc) is 2.30. The SMILES string of the molecule is COCCNC(=O)c1cc(Br)cc(S(N)(=O)=O)c1C. The number of hydrogen-bond donors (Lipinski definition) is 2. The molecule has 0 saturated heterocycles. The first-order chi connectivity index (χ1) is 8.77. The van der Waals surface area contributed by atoms with E-state index < -0.39 is 10.0 Å². The monoisotopic (exact) mass is 350 g/mol. The first-order valence-electron chi connectivity index (χ1n) is 5.37. The highest BCUT2D eigenvalue weighted by atomic mass is 79.9. The van der Waals surface area contributed by atoms with E-state index in [4.69, 9.17) is 9.88 Å². The molecule has 0 aliphatic rings. The highest BCUT2D eigenvalue weighted by molar-refractivity contribution is 9.10. The van der Waals surface area contributed by atoms with Crippen LogP contribution >= 0.6 is 15.9 Å². The number of hydrogen-bond acceptors (Lipinski definition) is 4. The van der Waals surface area contributed by atoms with Crippen LogP contribution in [0.2, 0.25) is 0 Å². The van der Waals surface area contributed by atoms with Gasteiger partial charge in [-0.3, -0.25) is 4.79 Å². The Balaban J connectivity index is 3.15. The van der Waals surface area contributed by atoms with Gasteiger partial charge in [-0.2, -0.15) is 0 Å². The van der Waals surface area contributed by atoms with Crippen molar-refractivity contribution in [3.05, 3.63) is 27.7 Å². The van der Waals surface area contributed by atoms with Crippen molar-refractivity contribution in [2.45, 2.75) is 11.8 Å². The van der Waals surface area contributed by atoms with E-state index in [1.165, 1.54) is 20.1 Å². The summed E-state index contributed by atoms with van der Waals surface area (Å²) in [6, 6.07) is 2.92. The van der Waals surface area contributed by atoms with Gasteiger partial charge in [0.15, 0.2) is 0 Å². The molecule has 19 heavy (non-hydrogen) atoms. The zero-order chi connectivity index (χ0) is 14.6. The normalized spacial score (nSPS) is 11.4. The Hall–Kier alpha value is -0.960. The van der Waals surface area contributed by atoms with Gasteiger partial charge in [0.05, 0.1) is 11.5 Å². The molecule has 0 bridgehead atoms. The number of nitrogens with one attached hydrogen (secondary N) is 1. The number of carbonyl (C=O) groups excluding carboxylic acids is 1. The Labute approximate surface area is 120 Å². The smallest absolute Gasteiger partial charge is 0.251 e. The quantitative estimate of drug-likeness (QED) is 0.766. The minimum atomic E-state index is -3.87. The predicted octanol–water partition coefficient (Wildman–Crippen LogP) is 0.781. The van der Waals surface area contributed by atoms with Gasteiger partial charge in [0, 0.05) is 23.7 Å². The standard InChI is InChI=1S/C11H15BrN2O4S/c1-7-9(11(15)14-3-4-18-2)5-8(12)6-10(7)19(13,16)17/h5-6H,3-4H2,1-2H3,(H,14,15)(H2,13,16,17). The Morgan fingerprint density at radius 3 is 2.63 bits per heavy atom. The van der Waals surface area contributed by atoms with Gasteiger partial charge in [-0.15, -0.1) is 0 Å². The topological polar surface area (TPSA) is 98.5 Å². The van der Waals surface area contributed by atoms with Crippen LogP contribution in [0.5, 0.6) is 0 Å². The number of nitrogens with two attached hydrogens (primary N) is 1. The van der Waals surface area contributed by atoms with Gasteiger partial charge in [0.1, 0.15) is 0 Å². The first kappa shape index (κ1) is 16.1. The summed E-state index contributed by atoms with van der Waals surface area (Å²) in [6.45, 7) is 2.25. The maximum atomic E-state index is 11.9. The number of halogens is 1. The molecule has 1 rings (SSSR count). The van der Waals surface area contributed by atoms with E-state index in [-0.39, 0.29) is 16.4 Å². The molecule has 1 aromatic carbocycles. The summed E-state index contributed by atoms with van der Waals surface area (Å²) in [4.78, 5) is 11.9. The predicted molar refractivity (Wildman–Crippen MR) is 74.5 cm³/mol. The van der Waals surface area contributed by atoms with E-state index >= 15 is 0 Å². The van der Waals surface area contributed by atoms with Crippen molar-refractivity contribution >= 4 is 31.9 Å². The van der Waals surface area contributed by atoms with E-state index in [2.05, 4.69) is 21.2 Å². The van der Waals surface area contributed by atoms with Crippen LogP contribution in [0.25, 0.3) is 0 Å². The maximum Gasteiger partial charge on any atom is 0.251 e. The van der Waals surface area contributed by atoms with E-state index in [1.807, 2.05) is 0 Å². The van der Waals surface area contributed by atoms with Crippen LogP contribution in [0, 0.1) is 6.92 Å². The molecule has 0 aliphatic heterocycles.